The summed E-state index contributed by atoms with van der Waals surface area (Å²) in [5.74, 6) is 0.335. The number of thiophene rings is 1. The van der Waals surface area contributed by atoms with Crippen molar-refractivity contribution in [1.82, 2.24) is 15.5 Å². The molecular weight excluding hydrogens is 372 g/mol. The molecule has 2 N–H and O–H groups in total. The molecule has 3 rings (SSSR count). The fourth-order valence-corrected chi connectivity index (χ4v) is 4.40. The molecule has 0 bridgehead atoms. The van der Waals surface area contributed by atoms with Crippen molar-refractivity contribution in [2.24, 2.45) is 0 Å². The molecule has 0 radical (unpaired) electrons. The third-order valence-electron chi connectivity index (χ3n) is 3.40. The lowest BCUT2D eigenvalue weighted by molar-refractivity contribution is -0.118. The Hall–Kier alpha value is -1.90. The lowest BCUT2D eigenvalue weighted by Crippen LogP contribution is -2.24. The first-order valence-electron chi connectivity index (χ1n) is 7.70. The van der Waals surface area contributed by atoms with Crippen LogP contribution in [-0.4, -0.2) is 21.9 Å². The SMILES string of the molecule is Cc1ccc(Nc2nnc(SCC(=O)NCc3cccs3)s2)c(C)c1. The minimum absolute atomic E-state index is 0.00233. The molecule has 0 saturated carbocycles. The zero-order chi connectivity index (χ0) is 17.6. The van der Waals surface area contributed by atoms with Crippen LogP contribution in [-0.2, 0) is 11.3 Å². The van der Waals surface area contributed by atoms with E-state index in [-0.39, 0.29) is 5.91 Å². The summed E-state index contributed by atoms with van der Waals surface area (Å²) >= 11 is 4.49. The van der Waals surface area contributed by atoms with Crippen molar-refractivity contribution >= 4 is 51.2 Å². The molecule has 0 saturated heterocycles. The molecule has 8 heteroatoms. The van der Waals surface area contributed by atoms with Gasteiger partial charge in [0, 0.05) is 10.6 Å². The molecule has 0 atom stereocenters. The van der Waals surface area contributed by atoms with Gasteiger partial charge in [0.1, 0.15) is 0 Å². The maximum atomic E-state index is 11.9. The maximum absolute atomic E-state index is 11.9. The minimum Gasteiger partial charge on any atom is -0.350 e. The Kier molecular flexibility index (Phi) is 6.06. The molecule has 0 fully saturated rings. The average molecular weight is 391 g/mol. The molecule has 130 valence electrons. The van der Waals surface area contributed by atoms with E-state index < -0.39 is 0 Å². The number of anilines is 2. The van der Waals surface area contributed by atoms with Gasteiger partial charge in [-0.05, 0) is 36.9 Å². The van der Waals surface area contributed by atoms with Crippen LogP contribution in [0.5, 0.6) is 0 Å². The molecule has 1 amide bonds. The van der Waals surface area contributed by atoms with Gasteiger partial charge in [-0.3, -0.25) is 4.79 Å². The Bertz CT molecular complexity index is 845. The number of amides is 1. The highest BCUT2D eigenvalue weighted by Gasteiger charge is 2.09. The van der Waals surface area contributed by atoms with E-state index in [9.17, 15) is 4.79 Å². The van der Waals surface area contributed by atoms with E-state index in [0.29, 0.717) is 12.3 Å². The summed E-state index contributed by atoms with van der Waals surface area (Å²) in [5, 5.41) is 17.2. The predicted octanol–water partition coefficient (Wildman–Crippen LogP) is 4.37. The Morgan fingerprint density at radius 3 is 2.88 bits per heavy atom. The number of benzene rings is 1. The van der Waals surface area contributed by atoms with E-state index in [0.717, 1.165) is 25.6 Å². The van der Waals surface area contributed by atoms with E-state index in [1.165, 1.54) is 28.7 Å². The van der Waals surface area contributed by atoms with Crippen LogP contribution < -0.4 is 10.6 Å². The van der Waals surface area contributed by atoms with Gasteiger partial charge in [0.2, 0.25) is 11.0 Å². The van der Waals surface area contributed by atoms with Crippen molar-refractivity contribution in [1.29, 1.82) is 0 Å². The minimum atomic E-state index is -0.00233. The second-order valence-electron chi connectivity index (χ2n) is 5.46. The summed E-state index contributed by atoms with van der Waals surface area (Å²) < 4.78 is 0.776. The fourth-order valence-electron chi connectivity index (χ4n) is 2.16. The predicted molar refractivity (Wildman–Crippen MR) is 106 cm³/mol. The van der Waals surface area contributed by atoms with Crippen molar-refractivity contribution in [3.05, 3.63) is 51.7 Å². The first-order valence-corrected chi connectivity index (χ1v) is 10.4. The molecule has 3 aromatic rings. The number of nitrogens with zero attached hydrogens (tertiary/aromatic N) is 2. The number of nitrogens with one attached hydrogen (secondary N) is 2. The third-order valence-corrected chi connectivity index (χ3v) is 6.24. The fraction of sp³-hybridized carbons (Fsp3) is 0.235. The summed E-state index contributed by atoms with van der Waals surface area (Å²) in [6.07, 6.45) is 0. The number of hydrogen-bond donors (Lipinski definition) is 2. The smallest absolute Gasteiger partial charge is 0.230 e. The summed E-state index contributed by atoms with van der Waals surface area (Å²) in [4.78, 5) is 13.0. The Labute approximate surface area is 158 Å². The lowest BCUT2D eigenvalue weighted by atomic mass is 10.1. The number of aromatic nitrogens is 2. The van der Waals surface area contributed by atoms with Crippen molar-refractivity contribution in [2.45, 2.75) is 24.7 Å². The largest absolute Gasteiger partial charge is 0.350 e. The van der Waals surface area contributed by atoms with Gasteiger partial charge >= 0.3 is 0 Å². The first-order chi connectivity index (χ1) is 12.1. The van der Waals surface area contributed by atoms with Gasteiger partial charge in [-0.25, -0.2) is 0 Å². The van der Waals surface area contributed by atoms with Gasteiger partial charge in [0.25, 0.3) is 0 Å². The first kappa shape index (κ1) is 17.9. The molecule has 0 spiro atoms. The Balaban J connectivity index is 1.48. The van der Waals surface area contributed by atoms with E-state index in [2.05, 4.69) is 46.8 Å². The van der Waals surface area contributed by atoms with Gasteiger partial charge in [-0.1, -0.05) is 46.9 Å². The van der Waals surface area contributed by atoms with E-state index in [4.69, 9.17) is 0 Å². The second kappa shape index (κ2) is 8.46. The number of carbonyl (C=O) groups is 1. The number of hydrogen-bond acceptors (Lipinski definition) is 7. The molecular formula is C17H18N4OS3. The van der Waals surface area contributed by atoms with Crippen LogP contribution in [0.2, 0.25) is 0 Å². The van der Waals surface area contributed by atoms with Crippen LogP contribution in [0.4, 0.5) is 10.8 Å². The van der Waals surface area contributed by atoms with Crippen LogP contribution in [0.1, 0.15) is 16.0 Å². The van der Waals surface area contributed by atoms with Crippen LogP contribution in [0.15, 0.2) is 40.1 Å². The molecule has 2 aromatic heterocycles. The van der Waals surface area contributed by atoms with E-state index in [1.807, 2.05) is 23.6 Å². The van der Waals surface area contributed by atoms with Crippen LogP contribution in [0.3, 0.4) is 0 Å². The van der Waals surface area contributed by atoms with Gasteiger partial charge < -0.3 is 10.6 Å². The maximum Gasteiger partial charge on any atom is 0.230 e. The van der Waals surface area contributed by atoms with E-state index >= 15 is 0 Å². The quantitative estimate of drug-likeness (QED) is 0.587. The normalized spacial score (nSPS) is 10.6. The molecule has 5 nitrogen and oxygen atoms in total. The van der Waals surface area contributed by atoms with Gasteiger partial charge in [0.15, 0.2) is 4.34 Å². The Morgan fingerprint density at radius 1 is 1.24 bits per heavy atom. The van der Waals surface area contributed by atoms with Crippen LogP contribution >= 0.6 is 34.4 Å². The molecule has 2 heterocycles. The molecule has 1 aromatic carbocycles. The molecule has 0 unspecified atom stereocenters. The summed E-state index contributed by atoms with van der Waals surface area (Å²) in [7, 11) is 0. The summed E-state index contributed by atoms with van der Waals surface area (Å²) in [6.45, 7) is 4.70. The molecule has 0 aliphatic rings. The van der Waals surface area contributed by atoms with Crippen molar-refractivity contribution in [3.63, 3.8) is 0 Å². The summed E-state index contributed by atoms with van der Waals surface area (Å²) in [5.41, 5.74) is 3.41. The monoisotopic (exact) mass is 390 g/mol. The van der Waals surface area contributed by atoms with Crippen LogP contribution in [0.25, 0.3) is 0 Å². The van der Waals surface area contributed by atoms with Crippen molar-refractivity contribution in [3.8, 4) is 0 Å². The molecule has 0 aliphatic carbocycles. The van der Waals surface area contributed by atoms with Crippen molar-refractivity contribution < 1.29 is 4.79 Å². The average Bonchev–Trinajstić information content (AvgIpc) is 3.25. The highest BCUT2D eigenvalue weighted by Crippen LogP contribution is 2.28. The molecule has 25 heavy (non-hydrogen) atoms. The van der Waals surface area contributed by atoms with Gasteiger partial charge in [-0.15, -0.1) is 21.5 Å². The molecule has 0 aliphatic heterocycles. The zero-order valence-electron chi connectivity index (χ0n) is 13.9. The highest BCUT2D eigenvalue weighted by atomic mass is 32.2. The second-order valence-corrected chi connectivity index (χ2v) is 8.69. The third kappa shape index (κ3) is 5.29. The summed E-state index contributed by atoms with van der Waals surface area (Å²) in [6, 6.07) is 10.2. The standard InChI is InChI=1S/C17H18N4OS3/c1-11-5-6-14(12(2)8-11)19-16-20-21-17(25-16)24-10-15(22)18-9-13-4-3-7-23-13/h3-8H,9-10H2,1-2H3,(H,18,22)(H,19,20). The van der Waals surface area contributed by atoms with Gasteiger partial charge in [0.05, 0.1) is 12.3 Å². The van der Waals surface area contributed by atoms with Crippen LogP contribution in [0, 0.1) is 13.8 Å². The number of rotatable bonds is 7. The number of aryl methyl sites for hydroxylation is 2. The number of thioether (sulfide) groups is 1. The van der Waals surface area contributed by atoms with Gasteiger partial charge in [-0.2, -0.15) is 0 Å². The Morgan fingerprint density at radius 2 is 2.12 bits per heavy atom. The van der Waals surface area contributed by atoms with E-state index in [1.54, 1.807) is 11.3 Å². The van der Waals surface area contributed by atoms with Crippen molar-refractivity contribution in [2.75, 3.05) is 11.1 Å². The lowest BCUT2D eigenvalue weighted by Gasteiger charge is -2.06. The zero-order valence-corrected chi connectivity index (χ0v) is 16.4. The highest BCUT2D eigenvalue weighted by molar-refractivity contribution is 8.01. The number of carbonyl (C=O) groups excluding carboxylic acids is 1. The topological polar surface area (TPSA) is 66.9 Å².